The van der Waals surface area contributed by atoms with Crippen molar-refractivity contribution >= 4 is 39.1 Å². The lowest BCUT2D eigenvalue weighted by Crippen LogP contribution is -2.49. The predicted octanol–water partition coefficient (Wildman–Crippen LogP) is 4.28. The minimum absolute atomic E-state index is 0.0200. The molecule has 0 heterocycles. The van der Waals surface area contributed by atoms with Crippen molar-refractivity contribution in [3.05, 3.63) is 64.4 Å². The Morgan fingerprint density at radius 3 is 2.29 bits per heavy atom. The molecular weight excluding hydrogens is 493 g/mol. The van der Waals surface area contributed by atoms with Crippen molar-refractivity contribution in [1.82, 2.24) is 10.2 Å². The maximum atomic E-state index is 13.3. The summed E-state index contributed by atoms with van der Waals surface area (Å²) in [6.45, 7) is 7.22. The van der Waals surface area contributed by atoms with Crippen LogP contribution in [0, 0.1) is 12.7 Å². The van der Waals surface area contributed by atoms with E-state index in [1.807, 2.05) is 13.8 Å². The highest BCUT2D eigenvalue weighted by molar-refractivity contribution is 7.92. The Hall–Kier alpha value is -2.65. The van der Waals surface area contributed by atoms with E-state index in [0.717, 1.165) is 6.26 Å². The maximum Gasteiger partial charge on any atom is 0.242 e. The van der Waals surface area contributed by atoms with Crippen LogP contribution in [0.3, 0.4) is 0 Å². The standard InChI is InChI=1S/C25H33ClFN3O4S/c1-17(2)28-25(32)19(4)29(16-20-11-13-21(27)14-12-20)24(31)10-7-15-30(35(5,33)34)23-9-6-8-22(26)18(23)3/h6,8-9,11-14,17,19H,7,10,15-16H2,1-5H3,(H,28,32). The number of nitrogens with zero attached hydrogens (tertiary/aromatic N) is 2. The van der Waals surface area contributed by atoms with Crippen molar-refractivity contribution in [2.75, 3.05) is 17.1 Å². The molecule has 2 aromatic carbocycles. The van der Waals surface area contributed by atoms with Crippen LogP contribution in [0.1, 0.15) is 44.7 Å². The SMILES string of the molecule is Cc1c(Cl)cccc1N(CCCC(=O)N(Cc1ccc(F)cc1)C(C)C(=O)NC(C)C)S(C)(=O)=O. The first-order valence-corrected chi connectivity index (χ1v) is 13.6. The molecule has 1 atom stereocenters. The number of carbonyl (C=O) groups is 2. The highest BCUT2D eigenvalue weighted by Gasteiger charge is 2.27. The van der Waals surface area contributed by atoms with E-state index < -0.39 is 21.9 Å². The molecule has 0 saturated heterocycles. The first-order chi connectivity index (χ1) is 16.3. The fourth-order valence-corrected chi connectivity index (χ4v) is 4.81. The van der Waals surface area contributed by atoms with Crippen LogP contribution in [0.2, 0.25) is 5.02 Å². The first-order valence-electron chi connectivity index (χ1n) is 11.4. The fourth-order valence-electron chi connectivity index (χ4n) is 3.62. The molecule has 192 valence electrons. The van der Waals surface area contributed by atoms with Gasteiger partial charge in [0.25, 0.3) is 0 Å². The Labute approximate surface area is 212 Å². The van der Waals surface area contributed by atoms with E-state index in [-0.39, 0.29) is 43.8 Å². The summed E-state index contributed by atoms with van der Waals surface area (Å²) in [4.78, 5) is 27.3. The van der Waals surface area contributed by atoms with Gasteiger partial charge in [0.2, 0.25) is 21.8 Å². The van der Waals surface area contributed by atoms with Gasteiger partial charge in [0.1, 0.15) is 11.9 Å². The highest BCUT2D eigenvalue weighted by Crippen LogP contribution is 2.28. The summed E-state index contributed by atoms with van der Waals surface area (Å²) < 4.78 is 39.5. The van der Waals surface area contributed by atoms with Gasteiger partial charge >= 0.3 is 0 Å². The number of nitrogens with one attached hydrogen (secondary N) is 1. The Bertz CT molecular complexity index is 1140. The quantitative estimate of drug-likeness (QED) is 0.474. The van der Waals surface area contributed by atoms with Crippen molar-refractivity contribution in [3.8, 4) is 0 Å². The van der Waals surface area contributed by atoms with Gasteiger partial charge in [-0.15, -0.1) is 0 Å². The fraction of sp³-hybridized carbons (Fsp3) is 0.440. The third kappa shape index (κ3) is 8.21. The summed E-state index contributed by atoms with van der Waals surface area (Å²) in [5.41, 5.74) is 1.76. The summed E-state index contributed by atoms with van der Waals surface area (Å²) in [6.07, 6.45) is 1.36. The van der Waals surface area contributed by atoms with E-state index in [1.54, 1.807) is 44.2 Å². The highest BCUT2D eigenvalue weighted by atomic mass is 35.5. The van der Waals surface area contributed by atoms with Gasteiger partial charge in [0, 0.05) is 30.6 Å². The second-order valence-corrected chi connectivity index (χ2v) is 11.1. The minimum Gasteiger partial charge on any atom is -0.352 e. The number of anilines is 1. The molecule has 0 bridgehead atoms. The lowest BCUT2D eigenvalue weighted by atomic mass is 10.1. The minimum atomic E-state index is -3.62. The van der Waals surface area contributed by atoms with Crippen LogP contribution >= 0.6 is 11.6 Å². The van der Waals surface area contributed by atoms with Crippen LogP contribution in [0.25, 0.3) is 0 Å². The molecule has 1 N–H and O–H groups in total. The molecular formula is C25H33ClFN3O4S. The molecule has 0 aliphatic heterocycles. The number of rotatable bonds is 11. The molecule has 10 heteroatoms. The molecule has 0 radical (unpaired) electrons. The monoisotopic (exact) mass is 525 g/mol. The Balaban J connectivity index is 2.20. The zero-order valence-electron chi connectivity index (χ0n) is 20.7. The van der Waals surface area contributed by atoms with Crippen LogP contribution in [0.5, 0.6) is 0 Å². The molecule has 0 spiro atoms. The zero-order valence-corrected chi connectivity index (χ0v) is 22.3. The van der Waals surface area contributed by atoms with Crippen molar-refractivity contribution in [2.24, 2.45) is 0 Å². The summed E-state index contributed by atoms with van der Waals surface area (Å²) in [6, 6.07) is 9.89. The van der Waals surface area contributed by atoms with E-state index in [9.17, 15) is 22.4 Å². The van der Waals surface area contributed by atoms with Crippen molar-refractivity contribution < 1.29 is 22.4 Å². The van der Waals surface area contributed by atoms with Crippen molar-refractivity contribution in [3.63, 3.8) is 0 Å². The number of hydrogen-bond donors (Lipinski definition) is 1. The molecule has 2 amide bonds. The van der Waals surface area contributed by atoms with Gasteiger partial charge in [-0.2, -0.15) is 0 Å². The normalized spacial score (nSPS) is 12.3. The van der Waals surface area contributed by atoms with Gasteiger partial charge in [-0.1, -0.05) is 29.8 Å². The van der Waals surface area contributed by atoms with Crippen LogP contribution in [0.4, 0.5) is 10.1 Å². The molecule has 0 aliphatic carbocycles. The molecule has 0 saturated carbocycles. The Morgan fingerprint density at radius 1 is 1.09 bits per heavy atom. The van der Waals surface area contributed by atoms with Crippen LogP contribution in [0.15, 0.2) is 42.5 Å². The van der Waals surface area contributed by atoms with E-state index in [1.165, 1.54) is 21.3 Å². The van der Waals surface area contributed by atoms with Gasteiger partial charge in [-0.05, 0) is 69.5 Å². The predicted molar refractivity (Wildman–Crippen MR) is 137 cm³/mol. The van der Waals surface area contributed by atoms with Gasteiger partial charge in [0.05, 0.1) is 11.9 Å². The topological polar surface area (TPSA) is 86.8 Å². The second-order valence-electron chi connectivity index (χ2n) is 8.81. The summed E-state index contributed by atoms with van der Waals surface area (Å²) in [5, 5.41) is 3.25. The Kier molecular flexibility index (Phi) is 10.1. The van der Waals surface area contributed by atoms with Crippen LogP contribution < -0.4 is 9.62 Å². The number of benzene rings is 2. The van der Waals surface area contributed by atoms with Gasteiger partial charge < -0.3 is 10.2 Å². The van der Waals surface area contributed by atoms with Crippen molar-refractivity contribution in [2.45, 2.75) is 59.2 Å². The lowest BCUT2D eigenvalue weighted by molar-refractivity contribution is -0.140. The maximum absolute atomic E-state index is 13.3. The van der Waals surface area contributed by atoms with E-state index in [4.69, 9.17) is 11.6 Å². The Morgan fingerprint density at radius 2 is 1.71 bits per heavy atom. The third-order valence-electron chi connectivity index (χ3n) is 5.52. The summed E-state index contributed by atoms with van der Waals surface area (Å²) >= 11 is 6.18. The molecule has 7 nitrogen and oxygen atoms in total. The lowest BCUT2D eigenvalue weighted by Gasteiger charge is -2.30. The van der Waals surface area contributed by atoms with E-state index in [0.29, 0.717) is 21.8 Å². The molecule has 0 aromatic heterocycles. The number of sulfonamides is 1. The number of hydrogen-bond acceptors (Lipinski definition) is 4. The largest absolute Gasteiger partial charge is 0.352 e. The number of carbonyl (C=O) groups excluding carboxylic acids is 2. The molecule has 0 aliphatic rings. The van der Waals surface area contributed by atoms with Gasteiger partial charge in [-0.3, -0.25) is 13.9 Å². The third-order valence-corrected chi connectivity index (χ3v) is 7.11. The zero-order chi connectivity index (χ0) is 26.3. The average molecular weight is 526 g/mol. The number of amides is 2. The van der Waals surface area contributed by atoms with Crippen LogP contribution in [-0.4, -0.2) is 50.0 Å². The molecule has 2 aromatic rings. The van der Waals surface area contributed by atoms with Crippen molar-refractivity contribution in [1.29, 1.82) is 0 Å². The second kappa shape index (κ2) is 12.4. The van der Waals surface area contributed by atoms with Crippen LogP contribution in [-0.2, 0) is 26.2 Å². The smallest absolute Gasteiger partial charge is 0.242 e. The van der Waals surface area contributed by atoms with Gasteiger partial charge in [-0.25, -0.2) is 12.8 Å². The average Bonchev–Trinajstić information content (AvgIpc) is 2.76. The van der Waals surface area contributed by atoms with E-state index >= 15 is 0 Å². The van der Waals surface area contributed by atoms with Gasteiger partial charge in [0.15, 0.2) is 0 Å². The first kappa shape index (κ1) is 28.6. The summed E-state index contributed by atoms with van der Waals surface area (Å²) in [7, 11) is -3.62. The molecule has 35 heavy (non-hydrogen) atoms. The summed E-state index contributed by atoms with van der Waals surface area (Å²) in [5.74, 6) is -1.01. The molecule has 0 fully saturated rings. The molecule has 2 rings (SSSR count). The molecule has 1 unspecified atom stereocenters. The number of halogens is 2. The van der Waals surface area contributed by atoms with E-state index in [2.05, 4.69) is 5.32 Å².